The van der Waals surface area contributed by atoms with Crippen molar-refractivity contribution in [3.63, 3.8) is 0 Å². The Labute approximate surface area is 139 Å². The van der Waals surface area contributed by atoms with Crippen LogP contribution in [0, 0.1) is 5.82 Å². The molecule has 3 nitrogen and oxygen atoms in total. The molecule has 0 aromatic heterocycles. The van der Waals surface area contributed by atoms with E-state index in [1.807, 2.05) is 4.90 Å². The monoisotopic (exact) mass is 320 g/mol. The van der Waals surface area contributed by atoms with Crippen molar-refractivity contribution in [3.05, 3.63) is 35.6 Å². The quantitative estimate of drug-likeness (QED) is 0.762. The Morgan fingerprint density at radius 1 is 1.09 bits per heavy atom. The van der Waals surface area contributed by atoms with Crippen LogP contribution in [-0.2, 0) is 11.3 Å². The van der Waals surface area contributed by atoms with Crippen molar-refractivity contribution >= 4 is 5.91 Å². The van der Waals surface area contributed by atoms with Gasteiger partial charge in [0.15, 0.2) is 0 Å². The van der Waals surface area contributed by atoms with Gasteiger partial charge >= 0.3 is 0 Å². The third-order valence-corrected chi connectivity index (χ3v) is 4.86. The molecule has 1 fully saturated rings. The second-order valence-corrected chi connectivity index (χ2v) is 6.40. The molecule has 1 aromatic rings. The summed E-state index contributed by atoms with van der Waals surface area (Å²) in [5.41, 5.74) is 1.00. The molecule has 0 heterocycles. The topological polar surface area (TPSA) is 23.6 Å². The molecule has 2 rings (SSSR count). The predicted octanol–water partition coefficient (Wildman–Crippen LogP) is 3.83. The van der Waals surface area contributed by atoms with Gasteiger partial charge in [-0.2, -0.15) is 0 Å². The molecule has 1 aliphatic carbocycles. The standard InChI is InChI=1S/C19H29FN2O/c1-3-21(4-2)15-19(23)22(18-8-6-5-7-9-18)14-16-10-12-17(20)13-11-16/h10-13,18H,3-9,14-15H2,1-2H3. The zero-order valence-electron chi connectivity index (χ0n) is 14.4. The third-order valence-electron chi connectivity index (χ3n) is 4.86. The highest BCUT2D eigenvalue weighted by Crippen LogP contribution is 2.24. The van der Waals surface area contributed by atoms with Crippen LogP contribution in [-0.4, -0.2) is 41.4 Å². The van der Waals surface area contributed by atoms with Crippen molar-refractivity contribution in [2.75, 3.05) is 19.6 Å². The van der Waals surface area contributed by atoms with Gasteiger partial charge in [0.2, 0.25) is 5.91 Å². The molecule has 1 saturated carbocycles. The van der Waals surface area contributed by atoms with E-state index < -0.39 is 0 Å². The van der Waals surface area contributed by atoms with E-state index in [1.165, 1.54) is 31.4 Å². The lowest BCUT2D eigenvalue weighted by molar-refractivity contribution is -0.136. The fourth-order valence-electron chi connectivity index (χ4n) is 3.33. The van der Waals surface area contributed by atoms with Gasteiger partial charge in [-0.1, -0.05) is 45.2 Å². The number of rotatable bonds is 7. The van der Waals surface area contributed by atoms with Crippen LogP contribution in [0.2, 0.25) is 0 Å². The van der Waals surface area contributed by atoms with Crippen molar-refractivity contribution in [1.82, 2.24) is 9.80 Å². The largest absolute Gasteiger partial charge is 0.334 e. The van der Waals surface area contributed by atoms with Crippen LogP contribution in [0.1, 0.15) is 51.5 Å². The minimum atomic E-state index is -0.229. The number of likely N-dealkylation sites (N-methyl/N-ethyl adjacent to an activating group) is 1. The summed E-state index contributed by atoms with van der Waals surface area (Å²) in [6.07, 6.45) is 5.84. The summed E-state index contributed by atoms with van der Waals surface area (Å²) in [5.74, 6) is -0.0302. The molecular weight excluding hydrogens is 291 g/mol. The summed E-state index contributed by atoms with van der Waals surface area (Å²) in [7, 11) is 0. The Balaban J connectivity index is 2.10. The maximum Gasteiger partial charge on any atom is 0.237 e. The number of hydrogen-bond acceptors (Lipinski definition) is 2. The second-order valence-electron chi connectivity index (χ2n) is 6.40. The number of nitrogens with zero attached hydrogens (tertiary/aromatic N) is 2. The fraction of sp³-hybridized carbons (Fsp3) is 0.632. The van der Waals surface area contributed by atoms with Crippen molar-refractivity contribution in [2.45, 2.75) is 58.5 Å². The maximum absolute atomic E-state index is 13.1. The molecule has 0 atom stereocenters. The fourth-order valence-corrected chi connectivity index (χ4v) is 3.33. The minimum absolute atomic E-state index is 0.199. The highest BCUT2D eigenvalue weighted by atomic mass is 19.1. The van der Waals surface area contributed by atoms with Crippen LogP contribution in [0.4, 0.5) is 4.39 Å². The predicted molar refractivity (Wildman–Crippen MR) is 91.6 cm³/mol. The first kappa shape index (κ1) is 17.9. The average molecular weight is 320 g/mol. The van der Waals surface area contributed by atoms with Crippen LogP contribution in [0.15, 0.2) is 24.3 Å². The first-order valence-electron chi connectivity index (χ1n) is 8.90. The van der Waals surface area contributed by atoms with E-state index in [0.29, 0.717) is 19.1 Å². The van der Waals surface area contributed by atoms with E-state index in [9.17, 15) is 9.18 Å². The van der Waals surface area contributed by atoms with Crippen LogP contribution in [0.5, 0.6) is 0 Å². The number of halogens is 1. The normalized spacial score (nSPS) is 15.8. The molecule has 0 saturated heterocycles. The Kier molecular flexibility index (Phi) is 7.03. The van der Waals surface area contributed by atoms with E-state index >= 15 is 0 Å². The summed E-state index contributed by atoms with van der Waals surface area (Å²) < 4.78 is 13.1. The van der Waals surface area contributed by atoms with Crippen molar-refractivity contribution < 1.29 is 9.18 Å². The van der Waals surface area contributed by atoms with Crippen LogP contribution in [0.3, 0.4) is 0 Å². The molecule has 1 amide bonds. The van der Waals surface area contributed by atoms with Crippen LogP contribution in [0.25, 0.3) is 0 Å². The highest BCUT2D eigenvalue weighted by molar-refractivity contribution is 5.78. The Hall–Kier alpha value is -1.42. The molecule has 1 aliphatic rings. The summed E-state index contributed by atoms with van der Waals surface area (Å²) >= 11 is 0. The van der Waals surface area contributed by atoms with Gasteiger partial charge in [-0.15, -0.1) is 0 Å². The lowest BCUT2D eigenvalue weighted by Gasteiger charge is -2.36. The molecule has 0 N–H and O–H groups in total. The molecule has 0 unspecified atom stereocenters. The summed E-state index contributed by atoms with van der Waals surface area (Å²) in [6, 6.07) is 6.86. The van der Waals surface area contributed by atoms with Gasteiger partial charge in [-0.3, -0.25) is 9.69 Å². The summed E-state index contributed by atoms with van der Waals surface area (Å²) in [4.78, 5) is 17.0. The van der Waals surface area contributed by atoms with E-state index in [2.05, 4.69) is 18.7 Å². The smallest absolute Gasteiger partial charge is 0.237 e. The lowest BCUT2D eigenvalue weighted by Crippen LogP contribution is -2.46. The van der Waals surface area contributed by atoms with Gasteiger partial charge in [0.1, 0.15) is 5.82 Å². The van der Waals surface area contributed by atoms with E-state index in [0.717, 1.165) is 31.5 Å². The maximum atomic E-state index is 13.1. The molecule has 1 aromatic carbocycles. The molecular formula is C19H29FN2O. The zero-order chi connectivity index (χ0) is 16.7. The third kappa shape index (κ3) is 5.31. The van der Waals surface area contributed by atoms with Gasteiger partial charge in [0, 0.05) is 12.6 Å². The first-order valence-corrected chi connectivity index (χ1v) is 8.90. The van der Waals surface area contributed by atoms with Gasteiger partial charge in [-0.25, -0.2) is 4.39 Å². The SMILES string of the molecule is CCN(CC)CC(=O)N(Cc1ccc(F)cc1)C1CCCCC1. The van der Waals surface area contributed by atoms with E-state index in [4.69, 9.17) is 0 Å². The molecule has 0 aliphatic heterocycles. The van der Waals surface area contributed by atoms with Gasteiger partial charge in [0.25, 0.3) is 0 Å². The van der Waals surface area contributed by atoms with Crippen molar-refractivity contribution in [1.29, 1.82) is 0 Å². The van der Waals surface area contributed by atoms with Crippen LogP contribution < -0.4 is 0 Å². The Morgan fingerprint density at radius 3 is 2.26 bits per heavy atom. The number of amides is 1. The molecule has 0 radical (unpaired) electrons. The van der Waals surface area contributed by atoms with Gasteiger partial charge in [-0.05, 0) is 43.6 Å². The second kappa shape index (κ2) is 9.02. The van der Waals surface area contributed by atoms with Gasteiger partial charge < -0.3 is 4.90 Å². The first-order chi connectivity index (χ1) is 11.1. The molecule has 0 bridgehead atoms. The number of carbonyl (C=O) groups is 1. The number of carbonyl (C=O) groups excluding carboxylic acids is 1. The Bertz CT molecular complexity index is 479. The number of benzene rings is 1. The lowest BCUT2D eigenvalue weighted by atomic mass is 9.93. The molecule has 128 valence electrons. The minimum Gasteiger partial charge on any atom is -0.334 e. The van der Waals surface area contributed by atoms with E-state index in [1.54, 1.807) is 12.1 Å². The highest BCUT2D eigenvalue weighted by Gasteiger charge is 2.26. The summed E-state index contributed by atoms with van der Waals surface area (Å²) in [6.45, 7) is 7.01. The number of hydrogen-bond donors (Lipinski definition) is 0. The van der Waals surface area contributed by atoms with Crippen LogP contribution >= 0.6 is 0 Å². The van der Waals surface area contributed by atoms with Crippen molar-refractivity contribution in [2.24, 2.45) is 0 Å². The molecule has 0 spiro atoms. The summed E-state index contributed by atoms with van der Waals surface area (Å²) in [5, 5.41) is 0. The van der Waals surface area contributed by atoms with Gasteiger partial charge in [0.05, 0.1) is 6.54 Å². The average Bonchev–Trinajstić information content (AvgIpc) is 2.59. The Morgan fingerprint density at radius 2 is 1.70 bits per heavy atom. The van der Waals surface area contributed by atoms with E-state index in [-0.39, 0.29) is 11.7 Å². The van der Waals surface area contributed by atoms with Crippen molar-refractivity contribution in [3.8, 4) is 0 Å². The molecule has 4 heteroatoms. The molecule has 23 heavy (non-hydrogen) atoms. The zero-order valence-corrected chi connectivity index (χ0v) is 14.4.